The summed E-state index contributed by atoms with van der Waals surface area (Å²) in [4.78, 5) is 25.4. The van der Waals surface area contributed by atoms with Crippen LogP contribution < -0.4 is 0 Å². The molecule has 1 aliphatic rings. The number of amides is 1. The van der Waals surface area contributed by atoms with Gasteiger partial charge in [-0.25, -0.2) is 0 Å². The number of methoxy groups -OCH3 is 1. The molecule has 1 aromatic rings. The molecular formula is C15H16ClNO4. The smallest absolute Gasteiger partial charge is 0.290 e. The summed E-state index contributed by atoms with van der Waals surface area (Å²) < 4.78 is 4.99. The fourth-order valence-electron chi connectivity index (χ4n) is 2.45. The van der Waals surface area contributed by atoms with Crippen molar-refractivity contribution in [3.8, 4) is 0 Å². The number of hydrogen-bond donors (Lipinski definition) is 1. The van der Waals surface area contributed by atoms with Crippen LogP contribution in [0.1, 0.15) is 18.5 Å². The minimum Gasteiger partial charge on any atom is -0.503 e. The molecule has 1 heterocycles. The summed E-state index contributed by atoms with van der Waals surface area (Å²) in [5.74, 6) is -1.45. The molecule has 1 aliphatic heterocycles. The zero-order chi connectivity index (χ0) is 15.6. The lowest BCUT2D eigenvalue weighted by molar-refractivity contribution is -0.130. The Morgan fingerprint density at radius 3 is 2.67 bits per heavy atom. The largest absolute Gasteiger partial charge is 0.503 e. The molecule has 1 unspecified atom stereocenters. The lowest BCUT2D eigenvalue weighted by Gasteiger charge is -2.26. The van der Waals surface area contributed by atoms with Gasteiger partial charge in [-0.15, -0.1) is 0 Å². The quantitative estimate of drug-likeness (QED) is 0.906. The van der Waals surface area contributed by atoms with Crippen molar-refractivity contribution in [2.75, 3.05) is 20.3 Å². The fraction of sp³-hybridized carbons (Fsp3) is 0.333. The molecule has 0 saturated heterocycles. The SMILES string of the molecule is COCCN1C(=O)C(O)=C(C(C)=O)C1c1ccccc1Cl. The van der Waals surface area contributed by atoms with E-state index in [0.717, 1.165) is 0 Å². The molecule has 0 aliphatic carbocycles. The molecule has 1 amide bonds. The second-order valence-electron chi connectivity index (χ2n) is 4.73. The number of carbonyl (C=O) groups is 2. The van der Waals surface area contributed by atoms with Crippen molar-refractivity contribution >= 4 is 23.3 Å². The van der Waals surface area contributed by atoms with Crippen molar-refractivity contribution in [3.05, 3.63) is 46.2 Å². The van der Waals surface area contributed by atoms with Gasteiger partial charge in [-0.1, -0.05) is 29.8 Å². The monoisotopic (exact) mass is 309 g/mol. The average molecular weight is 310 g/mol. The van der Waals surface area contributed by atoms with E-state index in [0.29, 0.717) is 17.2 Å². The second-order valence-corrected chi connectivity index (χ2v) is 5.14. The van der Waals surface area contributed by atoms with Gasteiger partial charge in [0.15, 0.2) is 11.5 Å². The molecule has 1 N–H and O–H groups in total. The van der Waals surface area contributed by atoms with Gasteiger partial charge in [0.1, 0.15) is 0 Å². The normalized spacial score (nSPS) is 18.5. The van der Waals surface area contributed by atoms with Crippen LogP contribution >= 0.6 is 11.6 Å². The topological polar surface area (TPSA) is 66.8 Å². The molecule has 6 heteroatoms. The second kappa shape index (κ2) is 6.28. The number of Topliss-reactive ketones (excluding diaryl/α,β-unsaturated/α-hetero) is 1. The summed E-state index contributed by atoms with van der Waals surface area (Å²) >= 11 is 6.18. The summed E-state index contributed by atoms with van der Waals surface area (Å²) in [5.41, 5.74) is 0.682. The van der Waals surface area contributed by atoms with E-state index in [1.807, 2.05) is 0 Å². The maximum absolute atomic E-state index is 12.2. The Bertz CT molecular complexity index is 611. The number of hydrogen-bond acceptors (Lipinski definition) is 4. The number of ketones is 1. The minimum atomic E-state index is -0.682. The highest BCUT2D eigenvalue weighted by atomic mass is 35.5. The summed E-state index contributed by atoms with van der Waals surface area (Å²) in [6.45, 7) is 1.87. The van der Waals surface area contributed by atoms with E-state index in [1.54, 1.807) is 24.3 Å². The highest BCUT2D eigenvalue weighted by Crippen LogP contribution is 2.39. The van der Waals surface area contributed by atoms with E-state index >= 15 is 0 Å². The molecule has 112 valence electrons. The first-order valence-electron chi connectivity index (χ1n) is 6.47. The molecule has 0 fully saturated rings. The number of aliphatic hydroxyl groups is 1. The molecule has 2 rings (SSSR count). The van der Waals surface area contributed by atoms with Crippen LogP contribution in [0.25, 0.3) is 0 Å². The van der Waals surface area contributed by atoms with Crippen LogP contribution in [0, 0.1) is 0 Å². The van der Waals surface area contributed by atoms with Crippen molar-refractivity contribution in [2.24, 2.45) is 0 Å². The first-order valence-corrected chi connectivity index (χ1v) is 6.85. The van der Waals surface area contributed by atoms with Crippen LogP contribution in [0.4, 0.5) is 0 Å². The van der Waals surface area contributed by atoms with Gasteiger partial charge in [0.2, 0.25) is 0 Å². The van der Waals surface area contributed by atoms with Gasteiger partial charge in [0.25, 0.3) is 5.91 Å². The van der Waals surface area contributed by atoms with Crippen molar-refractivity contribution in [1.82, 2.24) is 4.90 Å². The van der Waals surface area contributed by atoms with Crippen molar-refractivity contribution in [1.29, 1.82) is 0 Å². The van der Waals surface area contributed by atoms with Gasteiger partial charge in [0.05, 0.1) is 18.2 Å². The summed E-state index contributed by atoms with van der Waals surface area (Å²) in [6, 6.07) is 6.27. The lowest BCUT2D eigenvalue weighted by atomic mass is 9.97. The van der Waals surface area contributed by atoms with E-state index in [1.165, 1.54) is 18.9 Å². The van der Waals surface area contributed by atoms with E-state index in [2.05, 4.69) is 0 Å². The Balaban J connectivity index is 2.52. The molecule has 0 saturated carbocycles. The first kappa shape index (κ1) is 15.5. The van der Waals surface area contributed by atoms with Gasteiger partial charge in [-0.05, 0) is 18.6 Å². The number of aliphatic hydroxyl groups excluding tert-OH is 1. The molecule has 0 radical (unpaired) electrons. The number of rotatable bonds is 5. The molecule has 1 atom stereocenters. The zero-order valence-corrected chi connectivity index (χ0v) is 12.6. The van der Waals surface area contributed by atoms with Gasteiger partial charge in [-0.3, -0.25) is 9.59 Å². The standard InChI is InChI=1S/C15H16ClNO4/c1-9(18)12-13(10-5-3-4-6-11(10)16)17(7-8-21-2)15(20)14(12)19/h3-6,13,19H,7-8H2,1-2H3. The van der Waals surface area contributed by atoms with Crippen molar-refractivity contribution in [3.63, 3.8) is 0 Å². The third-order valence-corrected chi connectivity index (χ3v) is 3.76. The van der Waals surface area contributed by atoms with E-state index in [-0.39, 0.29) is 17.9 Å². The Labute approximate surface area is 127 Å². The van der Waals surface area contributed by atoms with Crippen LogP contribution in [-0.2, 0) is 14.3 Å². The summed E-state index contributed by atoms with van der Waals surface area (Å²) in [7, 11) is 1.52. The molecule has 0 spiro atoms. The highest BCUT2D eigenvalue weighted by Gasteiger charge is 2.42. The first-order chi connectivity index (χ1) is 9.99. The Hall–Kier alpha value is -1.85. The third kappa shape index (κ3) is 2.80. The minimum absolute atomic E-state index is 0.0733. The third-order valence-electron chi connectivity index (χ3n) is 3.42. The van der Waals surface area contributed by atoms with E-state index in [9.17, 15) is 14.7 Å². The molecule has 21 heavy (non-hydrogen) atoms. The van der Waals surface area contributed by atoms with Crippen LogP contribution in [-0.4, -0.2) is 42.0 Å². The predicted octanol–water partition coefficient (Wildman–Crippen LogP) is 2.27. The molecular weight excluding hydrogens is 294 g/mol. The van der Waals surface area contributed by atoms with Crippen molar-refractivity contribution in [2.45, 2.75) is 13.0 Å². The molecule has 0 aromatic heterocycles. The number of carbonyl (C=O) groups excluding carboxylic acids is 2. The van der Waals surface area contributed by atoms with Crippen LogP contribution in [0.2, 0.25) is 5.02 Å². The summed E-state index contributed by atoms with van der Waals surface area (Å²) in [5, 5.41) is 10.4. The van der Waals surface area contributed by atoms with Crippen molar-refractivity contribution < 1.29 is 19.4 Å². The number of benzene rings is 1. The predicted molar refractivity (Wildman–Crippen MR) is 78.1 cm³/mol. The Morgan fingerprint density at radius 2 is 2.10 bits per heavy atom. The highest BCUT2D eigenvalue weighted by molar-refractivity contribution is 6.31. The van der Waals surface area contributed by atoms with Crippen LogP contribution in [0.5, 0.6) is 0 Å². The number of ether oxygens (including phenoxy) is 1. The van der Waals surface area contributed by atoms with E-state index in [4.69, 9.17) is 16.3 Å². The molecule has 1 aromatic carbocycles. The number of halogens is 1. The van der Waals surface area contributed by atoms with Gasteiger partial charge < -0.3 is 14.7 Å². The zero-order valence-electron chi connectivity index (χ0n) is 11.8. The Morgan fingerprint density at radius 1 is 1.43 bits per heavy atom. The maximum atomic E-state index is 12.2. The molecule has 5 nitrogen and oxygen atoms in total. The lowest BCUT2D eigenvalue weighted by Crippen LogP contribution is -2.34. The van der Waals surface area contributed by atoms with Crippen LogP contribution in [0.3, 0.4) is 0 Å². The fourth-order valence-corrected chi connectivity index (χ4v) is 2.69. The molecule has 0 bridgehead atoms. The summed E-state index contributed by atoms with van der Waals surface area (Å²) in [6.07, 6.45) is 0. The van der Waals surface area contributed by atoms with Gasteiger partial charge >= 0.3 is 0 Å². The average Bonchev–Trinajstić information content (AvgIpc) is 2.69. The maximum Gasteiger partial charge on any atom is 0.290 e. The van der Waals surface area contributed by atoms with Gasteiger partial charge in [0, 0.05) is 18.7 Å². The van der Waals surface area contributed by atoms with E-state index < -0.39 is 17.7 Å². The van der Waals surface area contributed by atoms with Gasteiger partial charge in [-0.2, -0.15) is 0 Å². The van der Waals surface area contributed by atoms with Crippen LogP contribution in [0.15, 0.2) is 35.6 Å². The Kier molecular flexibility index (Phi) is 4.65. The number of nitrogens with zero attached hydrogens (tertiary/aromatic N) is 1.